The summed E-state index contributed by atoms with van der Waals surface area (Å²) in [5.41, 5.74) is 0.519. The average Bonchev–Trinajstić information content (AvgIpc) is 2.71. The molecule has 3 saturated carbocycles. The number of fused-ring (bicyclic) bond motifs is 1. The van der Waals surface area contributed by atoms with Crippen LogP contribution in [0.25, 0.3) is 0 Å². The predicted octanol–water partition coefficient (Wildman–Crippen LogP) is 2.31. The maximum atomic E-state index is 10.6. The lowest BCUT2D eigenvalue weighted by Crippen LogP contribution is -2.29. The molecule has 2 bridgehead atoms. The maximum absolute atomic E-state index is 10.6. The quantitative estimate of drug-likeness (QED) is 0.801. The molecule has 3 aliphatic carbocycles. The number of benzene rings is 1. The SMILES string of the molecule is COc1ccc(C2(O)CC3CC2C3)cc1. The summed E-state index contributed by atoms with van der Waals surface area (Å²) in [6, 6.07) is 7.87. The molecule has 1 aromatic carbocycles. The third-order valence-electron chi connectivity index (χ3n) is 4.10. The molecule has 4 rings (SSSR count). The zero-order valence-electron chi connectivity index (χ0n) is 8.94. The molecule has 0 aromatic heterocycles. The Morgan fingerprint density at radius 3 is 2.40 bits per heavy atom. The molecule has 3 fully saturated rings. The van der Waals surface area contributed by atoms with Crippen molar-refractivity contribution in [1.29, 1.82) is 0 Å². The van der Waals surface area contributed by atoms with Gasteiger partial charge in [-0.3, -0.25) is 0 Å². The van der Waals surface area contributed by atoms with E-state index in [9.17, 15) is 5.11 Å². The first-order valence-corrected chi connectivity index (χ1v) is 5.59. The summed E-state index contributed by atoms with van der Waals surface area (Å²) < 4.78 is 5.12. The fourth-order valence-electron chi connectivity index (χ4n) is 3.13. The topological polar surface area (TPSA) is 29.5 Å². The van der Waals surface area contributed by atoms with Crippen molar-refractivity contribution < 1.29 is 9.84 Å². The van der Waals surface area contributed by atoms with Crippen molar-refractivity contribution in [1.82, 2.24) is 0 Å². The molecule has 1 atom stereocenters. The van der Waals surface area contributed by atoms with E-state index in [1.807, 2.05) is 24.3 Å². The summed E-state index contributed by atoms with van der Waals surface area (Å²) in [5, 5.41) is 10.6. The highest BCUT2D eigenvalue weighted by atomic mass is 16.5. The number of aliphatic hydroxyl groups is 1. The summed E-state index contributed by atoms with van der Waals surface area (Å²) in [7, 11) is 1.66. The zero-order valence-corrected chi connectivity index (χ0v) is 8.94. The van der Waals surface area contributed by atoms with Crippen LogP contribution in [-0.4, -0.2) is 12.2 Å². The van der Waals surface area contributed by atoms with Gasteiger partial charge in [0.2, 0.25) is 0 Å². The van der Waals surface area contributed by atoms with Gasteiger partial charge in [-0.15, -0.1) is 0 Å². The summed E-state index contributed by atoms with van der Waals surface area (Å²) in [4.78, 5) is 0. The molecule has 0 aliphatic heterocycles. The molecular weight excluding hydrogens is 188 g/mol. The van der Waals surface area contributed by atoms with Crippen molar-refractivity contribution in [3.05, 3.63) is 29.8 Å². The minimum atomic E-state index is -0.545. The molecule has 0 saturated heterocycles. The summed E-state index contributed by atoms with van der Waals surface area (Å²) >= 11 is 0. The van der Waals surface area contributed by atoms with Crippen LogP contribution in [0, 0.1) is 11.8 Å². The average molecular weight is 204 g/mol. The minimum Gasteiger partial charge on any atom is -0.497 e. The van der Waals surface area contributed by atoms with E-state index in [1.54, 1.807) is 7.11 Å². The molecule has 2 nitrogen and oxygen atoms in total. The first-order chi connectivity index (χ1) is 7.22. The highest BCUT2D eigenvalue weighted by molar-refractivity contribution is 5.33. The van der Waals surface area contributed by atoms with E-state index in [4.69, 9.17) is 4.74 Å². The Labute approximate surface area is 89.9 Å². The van der Waals surface area contributed by atoms with Crippen LogP contribution in [-0.2, 0) is 5.60 Å². The molecule has 0 spiro atoms. The third-order valence-corrected chi connectivity index (χ3v) is 4.10. The standard InChI is InChI=1S/C13H16O2/c1-15-12-4-2-10(3-5-12)13(14)8-9-6-11(13)7-9/h2-5,9,11,14H,6-8H2,1H3. The molecule has 0 heterocycles. The lowest BCUT2D eigenvalue weighted by atomic mass is 9.79. The fraction of sp³-hybridized carbons (Fsp3) is 0.538. The van der Waals surface area contributed by atoms with Gasteiger partial charge >= 0.3 is 0 Å². The van der Waals surface area contributed by atoms with E-state index in [2.05, 4.69) is 0 Å². The number of methoxy groups -OCH3 is 1. The summed E-state index contributed by atoms with van der Waals surface area (Å²) in [6.07, 6.45) is 3.37. The normalized spacial score (nSPS) is 37.5. The zero-order chi connectivity index (χ0) is 10.5. The fourth-order valence-corrected chi connectivity index (χ4v) is 3.13. The molecule has 0 amide bonds. The van der Waals surface area contributed by atoms with Gasteiger partial charge in [0.1, 0.15) is 5.75 Å². The van der Waals surface area contributed by atoms with Crippen molar-refractivity contribution in [2.45, 2.75) is 24.9 Å². The molecular formula is C13H16O2. The molecule has 1 unspecified atom stereocenters. The first-order valence-electron chi connectivity index (χ1n) is 5.59. The van der Waals surface area contributed by atoms with Gasteiger partial charge in [-0.2, -0.15) is 0 Å². The van der Waals surface area contributed by atoms with Crippen LogP contribution >= 0.6 is 0 Å². The molecule has 15 heavy (non-hydrogen) atoms. The van der Waals surface area contributed by atoms with Crippen molar-refractivity contribution in [2.75, 3.05) is 7.11 Å². The summed E-state index contributed by atoms with van der Waals surface area (Å²) in [5.74, 6) is 2.12. The Bertz CT molecular complexity index is 365. The Morgan fingerprint density at radius 1 is 1.27 bits per heavy atom. The molecule has 3 aliphatic rings. The monoisotopic (exact) mass is 204 g/mol. The van der Waals surface area contributed by atoms with Crippen LogP contribution in [0.5, 0.6) is 5.75 Å². The van der Waals surface area contributed by atoms with Crippen molar-refractivity contribution >= 4 is 0 Å². The van der Waals surface area contributed by atoms with Crippen LogP contribution in [0.1, 0.15) is 24.8 Å². The Kier molecular flexibility index (Phi) is 1.84. The van der Waals surface area contributed by atoms with E-state index >= 15 is 0 Å². The molecule has 80 valence electrons. The highest BCUT2D eigenvalue weighted by Crippen LogP contribution is 2.59. The van der Waals surface area contributed by atoms with E-state index in [0.29, 0.717) is 5.92 Å². The van der Waals surface area contributed by atoms with Gasteiger partial charge in [0.25, 0.3) is 0 Å². The highest BCUT2D eigenvalue weighted by Gasteiger charge is 2.54. The lowest BCUT2D eigenvalue weighted by molar-refractivity contribution is 0.00596. The molecule has 1 aromatic rings. The van der Waals surface area contributed by atoms with Crippen LogP contribution in [0.3, 0.4) is 0 Å². The van der Waals surface area contributed by atoms with Crippen molar-refractivity contribution in [3.63, 3.8) is 0 Å². The van der Waals surface area contributed by atoms with Gasteiger partial charge in [0, 0.05) is 0 Å². The van der Waals surface area contributed by atoms with Crippen molar-refractivity contribution in [3.8, 4) is 5.75 Å². The van der Waals surface area contributed by atoms with E-state index in [0.717, 1.165) is 23.7 Å². The molecule has 1 N–H and O–H groups in total. The second-order valence-corrected chi connectivity index (χ2v) is 4.89. The van der Waals surface area contributed by atoms with Crippen LogP contribution < -0.4 is 4.74 Å². The summed E-state index contributed by atoms with van der Waals surface area (Å²) in [6.45, 7) is 0. The van der Waals surface area contributed by atoms with E-state index in [-0.39, 0.29) is 0 Å². The maximum Gasteiger partial charge on any atom is 0.118 e. The smallest absolute Gasteiger partial charge is 0.118 e. The van der Waals surface area contributed by atoms with Gasteiger partial charge in [0.05, 0.1) is 12.7 Å². The largest absolute Gasteiger partial charge is 0.497 e. The number of hydrogen-bond donors (Lipinski definition) is 1. The predicted molar refractivity (Wildman–Crippen MR) is 57.7 cm³/mol. The van der Waals surface area contributed by atoms with Crippen LogP contribution in [0.4, 0.5) is 0 Å². The third kappa shape index (κ3) is 1.21. The minimum absolute atomic E-state index is 0.496. The number of ether oxygens (including phenoxy) is 1. The van der Waals surface area contributed by atoms with Crippen LogP contribution in [0.15, 0.2) is 24.3 Å². The Hall–Kier alpha value is -1.02. The van der Waals surface area contributed by atoms with Crippen LogP contribution in [0.2, 0.25) is 0 Å². The number of hydrogen-bond acceptors (Lipinski definition) is 2. The lowest BCUT2D eigenvalue weighted by Gasteiger charge is -2.30. The van der Waals surface area contributed by atoms with E-state index in [1.165, 1.54) is 12.8 Å². The van der Waals surface area contributed by atoms with Gasteiger partial charge in [0.15, 0.2) is 0 Å². The Balaban J connectivity index is 1.92. The van der Waals surface area contributed by atoms with Gasteiger partial charge < -0.3 is 9.84 Å². The first kappa shape index (κ1) is 9.22. The molecule has 0 radical (unpaired) electrons. The van der Waals surface area contributed by atoms with Gasteiger partial charge in [-0.05, 0) is 48.8 Å². The number of rotatable bonds is 2. The second kappa shape index (κ2) is 2.99. The van der Waals surface area contributed by atoms with Crippen molar-refractivity contribution in [2.24, 2.45) is 11.8 Å². The molecule has 2 heteroatoms. The Morgan fingerprint density at radius 2 is 1.93 bits per heavy atom. The van der Waals surface area contributed by atoms with E-state index < -0.39 is 5.60 Å². The van der Waals surface area contributed by atoms with Gasteiger partial charge in [-0.1, -0.05) is 12.1 Å². The van der Waals surface area contributed by atoms with Gasteiger partial charge in [-0.25, -0.2) is 0 Å². The second-order valence-electron chi connectivity index (χ2n) is 4.89.